The molecular formula is C22H23NO2. The second-order valence-electron chi connectivity index (χ2n) is 5.98. The molecule has 0 spiro atoms. The maximum Gasteiger partial charge on any atom is 0.162 e. The molecule has 0 aliphatic carbocycles. The van der Waals surface area contributed by atoms with Crippen molar-refractivity contribution in [3.63, 3.8) is 0 Å². The van der Waals surface area contributed by atoms with E-state index >= 15 is 0 Å². The molecule has 0 fully saturated rings. The lowest BCUT2D eigenvalue weighted by Gasteiger charge is -2.13. The summed E-state index contributed by atoms with van der Waals surface area (Å²) in [6.45, 7) is 3.34. The van der Waals surface area contributed by atoms with Crippen LogP contribution in [-0.4, -0.2) is 7.11 Å². The van der Waals surface area contributed by atoms with Crippen molar-refractivity contribution in [2.45, 2.75) is 20.1 Å². The van der Waals surface area contributed by atoms with E-state index in [-0.39, 0.29) is 0 Å². The summed E-state index contributed by atoms with van der Waals surface area (Å²) < 4.78 is 11.4. The largest absolute Gasteiger partial charge is 0.493 e. The fourth-order valence-corrected chi connectivity index (χ4v) is 2.64. The zero-order chi connectivity index (χ0) is 17.5. The van der Waals surface area contributed by atoms with Crippen LogP contribution in [0.5, 0.6) is 11.5 Å². The van der Waals surface area contributed by atoms with Crippen LogP contribution < -0.4 is 14.8 Å². The summed E-state index contributed by atoms with van der Waals surface area (Å²) in [5, 5.41) is 3.44. The Bertz CT molecular complexity index is 815. The van der Waals surface area contributed by atoms with Crippen molar-refractivity contribution in [3.8, 4) is 11.5 Å². The number of hydrogen-bond acceptors (Lipinski definition) is 3. The van der Waals surface area contributed by atoms with Crippen molar-refractivity contribution in [1.82, 2.24) is 0 Å². The van der Waals surface area contributed by atoms with Gasteiger partial charge >= 0.3 is 0 Å². The van der Waals surface area contributed by atoms with E-state index in [2.05, 4.69) is 54.7 Å². The van der Waals surface area contributed by atoms with Gasteiger partial charge in [0.15, 0.2) is 11.5 Å². The van der Waals surface area contributed by atoms with Crippen molar-refractivity contribution < 1.29 is 9.47 Å². The summed E-state index contributed by atoms with van der Waals surface area (Å²) in [5.41, 5.74) is 4.63. The molecule has 1 N–H and O–H groups in total. The number of methoxy groups -OCH3 is 1. The first-order valence-electron chi connectivity index (χ1n) is 8.39. The van der Waals surface area contributed by atoms with E-state index in [0.717, 1.165) is 34.9 Å². The monoisotopic (exact) mass is 333 g/mol. The summed E-state index contributed by atoms with van der Waals surface area (Å²) >= 11 is 0. The van der Waals surface area contributed by atoms with E-state index in [1.54, 1.807) is 7.11 Å². The number of anilines is 1. The Kier molecular flexibility index (Phi) is 5.57. The Balaban J connectivity index is 1.68. The zero-order valence-corrected chi connectivity index (χ0v) is 14.7. The summed E-state index contributed by atoms with van der Waals surface area (Å²) in [6.07, 6.45) is 0. The quantitative estimate of drug-likeness (QED) is 0.645. The Morgan fingerprint density at radius 1 is 0.800 bits per heavy atom. The standard InChI is InChI=1S/C22H23NO2/c1-17-7-6-10-20(13-17)23-15-19-11-12-21(24-2)22(14-19)25-16-18-8-4-3-5-9-18/h3-14,23H,15-16H2,1-2H3. The normalized spacial score (nSPS) is 10.3. The van der Waals surface area contributed by atoms with E-state index in [0.29, 0.717) is 6.61 Å². The van der Waals surface area contributed by atoms with Gasteiger partial charge in [-0.1, -0.05) is 48.5 Å². The molecule has 3 heteroatoms. The molecule has 0 aliphatic heterocycles. The molecule has 0 heterocycles. The van der Waals surface area contributed by atoms with Crippen LogP contribution in [0.1, 0.15) is 16.7 Å². The average molecular weight is 333 g/mol. The molecule has 3 aromatic rings. The lowest BCUT2D eigenvalue weighted by atomic mass is 10.1. The SMILES string of the molecule is COc1ccc(CNc2cccc(C)c2)cc1OCc1ccccc1. The molecule has 128 valence electrons. The third-order valence-corrected chi connectivity index (χ3v) is 3.98. The minimum absolute atomic E-state index is 0.520. The Labute approximate surface area is 149 Å². The molecule has 3 nitrogen and oxygen atoms in total. The van der Waals surface area contributed by atoms with E-state index in [4.69, 9.17) is 9.47 Å². The van der Waals surface area contributed by atoms with Crippen LogP contribution in [0.15, 0.2) is 72.8 Å². The average Bonchev–Trinajstić information content (AvgIpc) is 2.65. The predicted octanol–water partition coefficient (Wildman–Crippen LogP) is 5.19. The van der Waals surface area contributed by atoms with E-state index in [1.165, 1.54) is 5.56 Å². The highest BCUT2D eigenvalue weighted by Crippen LogP contribution is 2.29. The Morgan fingerprint density at radius 3 is 2.40 bits per heavy atom. The molecule has 3 aromatic carbocycles. The minimum Gasteiger partial charge on any atom is -0.493 e. The highest BCUT2D eigenvalue weighted by atomic mass is 16.5. The second kappa shape index (κ2) is 8.25. The molecule has 0 bridgehead atoms. The zero-order valence-electron chi connectivity index (χ0n) is 14.7. The van der Waals surface area contributed by atoms with Crippen LogP contribution in [0.3, 0.4) is 0 Å². The van der Waals surface area contributed by atoms with Crippen molar-refractivity contribution in [3.05, 3.63) is 89.5 Å². The number of ether oxygens (including phenoxy) is 2. The third-order valence-electron chi connectivity index (χ3n) is 3.98. The predicted molar refractivity (Wildman–Crippen MR) is 102 cm³/mol. The summed E-state index contributed by atoms with van der Waals surface area (Å²) in [5.74, 6) is 1.50. The molecule has 0 saturated heterocycles. The van der Waals surface area contributed by atoms with Gasteiger partial charge < -0.3 is 14.8 Å². The molecule has 0 unspecified atom stereocenters. The van der Waals surface area contributed by atoms with Gasteiger partial charge in [-0.2, -0.15) is 0 Å². The van der Waals surface area contributed by atoms with Gasteiger partial charge in [0.1, 0.15) is 6.61 Å². The fourth-order valence-electron chi connectivity index (χ4n) is 2.64. The van der Waals surface area contributed by atoms with Gasteiger partial charge in [0, 0.05) is 12.2 Å². The molecule has 0 aliphatic rings. The summed E-state index contributed by atoms with van der Waals surface area (Å²) in [6, 6.07) is 24.5. The van der Waals surface area contributed by atoms with Crippen molar-refractivity contribution in [1.29, 1.82) is 0 Å². The van der Waals surface area contributed by atoms with Gasteiger partial charge in [0.2, 0.25) is 0 Å². The minimum atomic E-state index is 0.520. The van der Waals surface area contributed by atoms with Gasteiger partial charge in [-0.25, -0.2) is 0 Å². The van der Waals surface area contributed by atoms with Gasteiger partial charge in [-0.15, -0.1) is 0 Å². The fraction of sp³-hybridized carbons (Fsp3) is 0.182. The van der Waals surface area contributed by atoms with Gasteiger partial charge in [-0.3, -0.25) is 0 Å². The van der Waals surface area contributed by atoms with Crippen LogP contribution in [0.4, 0.5) is 5.69 Å². The number of aryl methyl sites for hydroxylation is 1. The Morgan fingerprint density at radius 2 is 1.64 bits per heavy atom. The molecule has 25 heavy (non-hydrogen) atoms. The lowest BCUT2D eigenvalue weighted by Crippen LogP contribution is -2.02. The first-order chi connectivity index (χ1) is 12.2. The first kappa shape index (κ1) is 16.9. The highest BCUT2D eigenvalue weighted by Gasteiger charge is 2.06. The van der Waals surface area contributed by atoms with Crippen LogP contribution in [0.25, 0.3) is 0 Å². The molecule has 0 amide bonds. The van der Waals surface area contributed by atoms with Gasteiger partial charge in [0.25, 0.3) is 0 Å². The molecule has 0 atom stereocenters. The lowest BCUT2D eigenvalue weighted by molar-refractivity contribution is 0.284. The van der Waals surface area contributed by atoms with Crippen LogP contribution in [-0.2, 0) is 13.2 Å². The second-order valence-corrected chi connectivity index (χ2v) is 5.98. The van der Waals surface area contributed by atoms with Crippen molar-refractivity contribution >= 4 is 5.69 Å². The first-order valence-corrected chi connectivity index (χ1v) is 8.39. The third kappa shape index (κ3) is 4.77. The smallest absolute Gasteiger partial charge is 0.162 e. The summed E-state index contributed by atoms with van der Waals surface area (Å²) in [4.78, 5) is 0. The maximum absolute atomic E-state index is 5.97. The van der Waals surface area contributed by atoms with Crippen molar-refractivity contribution in [2.75, 3.05) is 12.4 Å². The maximum atomic E-state index is 5.97. The van der Waals surface area contributed by atoms with Crippen molar-refractivity contribution in [2.24, 2.45) is 0 Å². The highest BCUT2D eigenvalue weighted by molar-refractivity contribution is 5.48. The number of benzene rings is 3. The van der Waals surface area contributed by atoms with Gasteiger partial charge in [-0.05, 0) is 47.9 Å². The molecule has 3 rings (SSSR count). The number of nitrogens with one attached hydrogen (secondary N) is 1. The Hall–Kier alpha value is -2.94. The van der Waals surface area contributed by atoms with Crippen LogP contribution in [0.2, 0.25) is 0 Å². The molecular weight excluding hydrogens is 310 g/mol. The van der Waals surface area contributed by atoms with E-state index in [9.17, 15) is 0 Å². The van der Waals surface area contributed by atoms with E-state index in [1.807, 2.05) is 30.3 Å². The summed E-state index contributed by atoms with van der Waals surface area (Å²) in [7, 11) is 1.66. The van der Waals surface area contributed by atoms with Crippen LogP contribution >= 0.6 is 0 Å². The molecule has 0 radical (unpaired) electrons. The topological polar surface area (TPSA) is 30.5 Å². The van der Waals surface area contributed by atoms with E-state index < -0.39 is 0 Å². The number of rotatable bonds is 7. The van der Waals surface area contributed by atoms with Crippen LogP contribution in [0, 0.1) is 6.92 Å². The van der Waals surface area contributed by atoms with Gasteiger partial charge in [0.05, 0.1) is 7.11 Å². The molecule has 0 aromatic heterocycles. The number of hydrogen-bond donors (Lipinski definition) is 1. The molecule has 0 saturated carbocycles.